The molecule has 0 saturated heterocycles. The molecule has 0 fully saturated rings. The molecule has 1 amide bonds. The Bertz CT molecular complexity index is 1180. The van der Waals surface area contributed by atoms with E-state index >= 15 is 0 Å². The zero-order valence-corrected chi connectivity index (χ0v) is 14.9. The van der Waals surface area contributed by atoms with Crippen LogP contribution in [0, 0.1) is 0 Å². The van der Waals surface area contributed by atoms with E-state index in [1.165, 1.54) is 0 Å². The number of pyridine rings is 1. The zero-order valence-electron chi connectivity index (χ0n) is 14.1. The van der Waals surface area contributed by atoms with Crippen molar-refractivity contribution >= 4 is 34.1 Å². The van der Waals surface area contributed by atoms with Gasteiger partial charge in [0.1, 0.15) is 5.65 Å². The number of hydrogen-bond donors (Lipinski definition) is 1. The van der Waals surface area contributed by atoms with Crippen LogP contribution in [0.3, 0.4) is 0 Å². The molecule has 1 atom stereocenters. The van der Waals surface area contributed by atoms with E-state index in [9.17, 15) is 4.79 Å². The third-order valence-corrected chi connectivity index (χ3v) is 5.31. The number of fused-ring (bicyclic) bond motifs is 4. The van der Waals surface area contributed by atoms with Crippen LogP contribution in [0.4, 0.5) is 0 Å². The first kappa shape index (κ1) is 15.4. The summed E-state index contributed by atoms with van der Waals surface area (Å²) in [6.07, 6.45) is 2.30. The van der Waals surface area contributed by atoms with Gasteiger partial charge in [-0.05, 0) is 24.3 Å². The molecule has 26 heavy (non-hydrogen) atoms. The first-order valence-electron chi connectivity index (χ1n) is 8.47. The van der Waals surface area contributed by atoms with Gasteiger partial charge in [-0.2, -0.15) is 5.10 Å². The summed E-state index contributed by atoms with van der Waals surface area (Å²) in [6, 6.07) is 11.7. The largest absolute Gasteiger partial charge is 0.350 e. The number of benzene rings is 1. The van der Waals surface area contributed by atoms with Crippen molar-refractivity contribution in [3.05, 3.63) is 64.7 Å². The highest BCUT2D eigenvalue weighted by molar-refractivity contribution is 6.35. The predicted octanol–water partition coefficient (Wildman–Crippen LogP) is 3.03. The third-order valence-electron chi connectivity index (χ3n) is 5.00. The molecular weight excluding hydrogens is 350 g/mol. The number of carbonyl (C=O) groups excluding carboxylic acids is 1. The van der Waals surface area contributed by atoms with Crippen LogP contribution >= 0.6 is 11.6 Å². The van der Waals surface area contributed by atoms with Crippen molar-refractivity contribution in [2.45, 2.75) is 18.9 Å². The summed E-state index contributed by atoms with van der Waals surface area (Å²) in [6.45, 7) is 0.421. The fraction of sp³-hybridized carbons (Fsp3) is 0.211. The number of imidazole rings is 1. The second kappa shape index (κ2) is 5.57. The molecule has 1 N–H and O–H groups in total. The maximum atomic E-state index is 12.4. The highest BCUT2D eigenvalue weighted by Gasteiger charge is 2.32. The number of hydrogen-bond acceptors (Lipinski definition) is 3. The van der Waals surface area contributed by atoms with Crippen LogP contribution in [0.2, 0.25) is 5.02 Å². The van der Waals surface area contributed by atoms with E-state index in [4.69, 9.17) is 21.7 Å². The summed E-state index contributed by atoms with van der Waals surface area (Å²) in [5, 5.41) is 9.24. The van der Waals surface area contributed by atoms with E-state index in [2.05, 4.69) is 9.72 Å². The van der Waals surface area contributed by atoms with Gasteiger partial charge >= 0.3 is 0 Å². The minimum absolute atomic E-state index is 0.0106. The van der Waals surface area contributed by atoms with E-state index in [-0.39, 0.29) is 11.8 Å². The molecule has 7 heteroatoms. The zero-order chi connectivity index (χ0) is 17.8. The molecule has 0 aliphatic carbocycles. The predicted molar refractivity (Wildman–Crippen MR) is 99.2 cm³/mol. The second-order valence-corrected chi connectivity index (χ2v) is 6.96. The van der Waals surface area contributed by atoms with Gasteiger partial charge in [-0.15, -0.1) is 0 Å². The van der Waals surface area contributed by atoms with E-state index in [1.807, 2.05) is 54.3 Å². The Morgan fingerprint density at radius 1 is 1.23 bits per heavy atom. The number of halogens is 1. The quantitative estimate of drug-likeness (QED) is 0.564. The molecule has 130 valence electrons. The van der Waals surface area contributed by atoms with Crippen molar-refractivity contribution in [2.75, 3.05) is 0 Å². The summed E-state index contributed by atoms with van der Waals surface area (Å²) in [5.74, 6) is -0.225. The minimum Gasteiger partial charge on any atom is -0.350 e. The van der Waals surface area contributed by atoms with Gasteiger partial charge < -0.3 is 9.72 Å². The summed E-state index contributed by atoms with van der Waals surface area (Å²) in [5.41, 5.74) is 4.51. The number of rotatable bonds is 1. The number of aromatic nitrogens is 4. The van der Waals surface area contributed by atoms with Gasteiger partial charge in [0.15, 0.2) is 0 Å². The molecule has 1 aliphatic rings. The Morgan fingerprint density at radius 2 is 2.12 bits per heavy atom. The maximum Gasteiger partial charge on any atom is 0.221 e. The molecule has 5 rings (SSSR count). The minimum atomic E-state index is -0.214. The van der Waals surface area contributed by atoms with E-state index < -0.39 is 0 Å². The van der Waals surface area contributed by atoms with Crippen LogP contribution in [0.1, 0.15) is 29.4 Å². The molecule has 0 spiro atoms. The van der Waals surface area contributed by atoms with Gasteiger partial charge in [-0.1, -0.05) is 23.7 Å². The van der Waals surface area contributed by atoms with Gasteiger partial charge in [-0.3, -0.25) is 9.48 Å². The van der Waals surface area contributed by atoms with Gasteiger partial charge in [0.2, 0.25) is 5.91 Å². The molecule has 0 radical (unpaired) electrons. The highest BCUT2D eigenvalue weighted by atomic mass is 35.5. The number of nitrogens with one attached hydrogen (secondary N) is 1. The van der Waals surface area contributed by atoms with Gasteiger partial charge in [0.25, 0.3) is 0 Å². The van der Waals surface area contributed by atoms with Gasteiger partial charge in [-0.25, -0.2) is 4.98 Å². The first-order chi connectivity index (χ1) is 12.6. The Labute approximate surface area is 154 Å². The monoisotopic (exact) mass is 365 g/mol. The van der Waals surface area contributed by atoms with Crippen LogP contribution in [-0.4, -0.2) is 25.1 Å². The van der Waals surface area contributed by atoms with Crippen LogP contribution in [0.5, 0.6) is 0 Å². The number of nitrogens with zero attached hydrogens (tertiary/aromatic N) is 4. The summed E-state index contributed by atoms with van der Waals surface area (Å²) < 4.78 is 3.87. The average Bonchev–Trinajstić information content (AvgIpc) is 3.12. The molecule has 1 aromatic carbocycles. The fourth-order valence-corrected chi connectivity index (χ4v) is 4.14. The first-order valence-corrected chi connectivity index (χ1v) is 8.85. The van der Waals surface area contributed by atoms with Crippen LogP contribution in [0.15, 0.2) is 42.6 Å². The van der Waals surface area contributed by atoms with Crippen molar-refractivity contribution in [3.8, 4) is 0 Å². The molecule has 3 aromatic heterocycles. The highest BCUT2D eigenvalue weighted by Crippen LogP contribution is 2.38. The second-order valence-electron chi connectivity index (χ2n) is 6.55. The van der Waals surface area contributed by atoms with Crippen molar-refractivity contribution in [2.24, 2.45) is 7.05 Å². The molecule has 4 aromatic rings. The molecular formula is C19H16ClN5O. The Balaban J connectivity index is 1.83. The van der Waals surface area contributed by atoms with E-state index in [0.29, 0.717) is 18.0 Å². The van der Waals surface area contributed by atoms with E-state index in [1.54, 1.807) is 0 Å². The lowest BCUT2D eigenvalue weighted by Gasteiger charge is -2.14. The Hall–Kier alpha value is -2.86. The molecule has 0 saturated carbocycles. The summed E-state index contributed by atoms with van der Waals surface area (Å²) in [4.78, 5) is 17.1. The summed E-state index contributed by atoms with van der Waals surface area (Å²) in [7, 11) is 1.90. The topological polar surface area (TPSA) is 64.2 Å². The Morgan fingerprint density at radius 3 is 3.00 bits per heavy atom. The molecule has 0 bridgehead atoms. The maximum absolute atomic E-state index is 12.4. The molecule has 6 nitrogen and oxygen atoms in total. The lowest BCUT2D eigenvalue weighted by Crippen LogP contribution is -2.21. The van der Waals surface area contributed by atoms with Crippen molar-refractivity contribution < 1.29 is 4.79 Å². The third kappa shape index (κ3) is 2.15. The van der Waals surface area contributed by atoms with Gasteiger partial charge in [0.05, 0.1) is 40.1 Å². The van der Waals surface area contributed by atoms with Gasteiger partial charge in [0, 0.05) is 25.1 Å². The normalized spacial score (nSPS) is 17.3. The van der Waals surface area contributed by atoms with Crippen molar-refractivity contribution in [3.63, 3.8) is 0 Å². The number of aryl methyl sites for hydroxylation is 1. The van der Waals surface area contributed by atoms with Crippen LogP contribution < -0.4 is 5.32 Å². The Kier molecular flexibility index (Phi) is 3.30. The number of carbonyl (C=O) groups is 1. The molecule has 0 unspecified atom stereocenters. The standard InChI is InChI=1S/C19H16ClN5O/c1-24-14-6-4-5-12(20)17(14)18(23-24)11-9-16(26)21-10-13-19(11)25-8-3-2-7-15(25)22-13/h2-8,11H,9-10H2,1H3,(H,21,26)/t11-/m0/s1. The lowest BCUT2D eigenvalue weighted by atomic mass is 9.94. The SMILES string of the molecule is Cn1nc([C@@H]2CC(=O)NCc3nc4ccccn4c32)c2c(Cl)cccc21. The van der Waals surface area contributed by atoms with E-state index in [0.717, 1.165) is 33.6 Å². The van der Waals surface area contributed by atoms with Crippen LogP contribution in [-0.2, 0) is 18.4 Å². The number of amides is 1. The average molecular weight is 366 g/mol. The lowest BCUT2D eigenvalue weighted by molar-refractivity contribution is -0.121. The smallest absolute Gasteiger partial charge is 0.221 e. The molecule has 4 heterocycles. The summed E-state index contributed by atoms with van der Waals surface area (Å²) >= 11 is 6.51. The molecule has 1 aliphatic heterocycles. The van der Waals surface area contributed by atoms with Crippen molar-refractivity contribution in [1.29, 1.82) is 0 Å². The fourth-order valence-electron chi connectivity index (χ4n) is 3.87. The van der Waals surface area contributed by atoms with Crippen LogP contribution in [0.25, 0.3) is 16.6 Å². The van der Waals surface area contributed by atoms with Crippen molar-refractivity contribution in [1.82, 2.24) is 24.5 Å².